The molecule has 1 aromatic heterocycles. The Morgan fingerprint density at radius 3 is 2.56 bits per heavy atom. The molecule has 0 saturated heterocycles. The first-order chi connectivity index (χ1) is 12.2. The molecule has 25 heavy (non-hydrogen) atoms. The Morgan fingerprint density at radius 2 is 1.80 bits per heavy atom. The van der Waals surface area contributed by atoms with E-state index in [9.17, 15) is 4.79 Å². The highest BCUT2D eigenvalue weighted by Gasteiger charge is 2.06. The molecule has 130 valence electrons. The quantitative estimate of drug-likeness (QED) is 0.529. The molecule has 0 bridgehead atoms. The Labute approximate surface area is 146 Å². The van der Waals surface area contributed by atoms with E-state index in [4.69, 9.17) is 13.9 Å². The average molecular weight is 339 g/mol. The molecule has 1 heterocycles. The van der Waals surface area contributed by atoms with Gasteiger partial charge in [0.05, 0.1) is 7.11 Å². The zero-order valence-corrected chi connectivity index (χ0v) is 14.4. The average Bonchev–Trinajstić information content (AvgIpc) is 2.62. The second-order valence-electron chi connectivity index (χ2n) is 5.79. The number of hydrogen-bond donors (Lipinski definition) is 1. The van der Waals surface area contributed by atoms with Crippen LogP contribution in [-0.2, 0) is 6.54 Å². The highest BCUT2D eigenvalue weighted by molar-refractivity contribution is 5.81. The lowest BCUT2D eigenvalue weighted by molar-refractivity contribution is 0.313. The third-order valence-corrected chi connectivity index (χ3v) is 3.92. The fourth-order valence-corrected chi connectivity index (χ4v) is 2.58. The Bertz CT molecular complexity index is 900. The Morgan fingerprint density at radius 1 is 1.04 bits per heavy atom. The van der Waals surface area contributed by atoms with Gasteiger partial charge < -0.3 is 19.2 Å². The smallest absolute Gasteiger partial charge is 0.336 e. The predicted octanol–water partition coefficient (Wildman–Crippen LogP) is 3.28. The van der Waals surface area contributed by atoms with Crippen molar-refractivity contribution in [3.8, 4) is 11.5 Å². The molecule has 0 atom stereocenters. The molecule has 0 aliphatic heterocycles. The molecule has 0 amide bonds. The lowest BCUT2D eigenvalue weighted by atomic mass is 10.1. The van der Waals surface area contributed by atoms with Gasteiger partial charge >= 0.3 is 5.63 Å². The molecule has 0 aliphatic carbocycles. The molecule has 3 rings (SSSR count). The van der Waals surface area contributed by atoms with Crippen LogP contribution in [-0.4, -0.2) is 20.3 Å². The van der Waals surface area contributed by atoms with Gasteiger partial charge in [-0.1, -0.05) is 17.7 Å². The van der Waals surface area contributed by atoms with Gasteiger partial charge in [0.2, 0.25) is 0 Å². The van der Waals surface area contributed by atoms with Crippen molar-refractivity contribution in [1.29, 1.82) is 0 Å². The van der Waals surface area contributed by atoms with Gasteiger partial charge in [-0.3, -0.25) is 0 Å². The fraction of sp³-hybridized carbons (Fsp3) is 0.250. The molecule has 1 N–H and O–H groups in total. The number of hydrogen-bond acceptors (Lipinski definition) is 5. The van der Waals surface area contributed by atoms with Crippen LogP contribution in [0.2, 0.25) is 0 Å². The minimum atomic E-state index is -0.367. The molecule has 0 saturated carbocycles. The molecule has 3 aromatic rings. The van der Waals surface area contributed by atoms with Gasteiger partial charge in [-0.15, -0.1) is 0 Å². The van der Waals surface area contributed by atoms with E-state index in [0.29, 0.717) is 31.0 Å². The van der Waals surface area contributed by atoms with E-state index in [2.05, 4.69) is 5.32 Å². The number of rotatable bonds is 7. The third kappa shape index (κ3) is 4.39. The summed E-state index contributed by atoms with van der Waals surface area (Å²) in [6.45, 7) is 3.83. The van der Waals surface area contributed by atoms with Crippen LogP contribution in [0.1, 0.15) is 11.1 Å². The highest BCUT2D eigenvalue weighted by Crippen LogP contribution is 2.22. The summed E-state index contributed by atoms with van der Waals surface area (Å²) in [6.07, 6.45) is 0. The van der Waals surface area contributed by atoms with Crippen LogP contribution < -0.4 is 20.4 Å². The Balaban J connectivity index is 1.59. The summed E-state index contributed by atoms with van der Waals surface area (Å²) in [5.74, 6) is 1.51. The summed E-state index contributed by atoms with van der Waals surface area (Å²) in [5, 5.41) is 4.19. The monoisotopic (exact) mass is 339 g/mol. The van der Waals surface area contributed by atoms with Gasteiger partial charge in [-0.05, 0) is 36.8 Å². The van der Waals surface area contributed by atoms with Crippen molar-refractivity contribution in [3.05, 3.63) is 70.1 Å². The van der Waals surface area contributed by atoms with Gasteiger partial charge in [0, 0.05) is 30.6 Å². The normalized spacial score (nSPS) is 10.8. The number of nitrogens with one attached hydrogen (secondary N) is 1. The molecular weight excluding hydrogens is 318 g/mol. The zero-order valence-electron chi connectivity index (χ0n) is 14.4. The second kappa shape index (κ2) is 7.85. The van der Waals surface area contributed by atoms with Gasteiger partial charge in [-0.25, -0.2) is 4.79 Å². The van der Waals surface area contributed by atoms with Gasteiger partial charge in [-0.2, -0.15) is 0 Å². The first kappa shape index (κ1) is 17.0. The van der Waals surface area contributed by atoms with Crippen molar-refractivity contribution in [2.24, 2.45) is 0 Å². The zero-order chi connectivity index (χ0) is 17.6. The highest BCUT2D eigenvalue weighted by atomic mass is 16.5. The molecule has 0 fully saturated rings. The second-order valence-corrected chi connectivity index (χ2v) is 5.79. The maximum Gasteiger partial charge on any atom is 0.336 e. The van der Waals surface area contributed by atoms with E-state index in [1.165, 1.54) is 11.6 Å². The number of aryl methyl sites for hydroxylation is 1. The number of fused-ring (bicyclic) bond motifs is 1. The maximum absolute atomic E-state index is 11.7. The Hall–Kier alpha value is -2.79. The number of ether oxygens (including phenoxy) is 2. The predicted molar refractivity (Wildman–Crippen MR) is 97.4 cm³/mol. The summed E-state index contributed by atoms with van der Waals surface area (Å²) in [6, 6.07) is 14.9. The van der Waals surface area contributed by atoms with Crippen LogP contribution >= 0.6 is 0 Å². The molecule has 0 spiro atoms. The molecule has 0 radical (unpaired) electrons. The minimum Gasteiger partial charge on any atom is -0.497 e. The van der Waals surface area contributed by atoms with Gasteiger partial charge in [0.15, 0.2) is 0 Å². The van der Waals surface area contributed by atoms with Crippen LogP contribution in [0, 0.1) is 6.92 Å². The lowest BCUT2D eigenvalue weighted by Gasteiger charge is -2.09. The van der Waals surface area contributed by atoms with Crippen molar-refractivity contribution >= 4 is 11.0 Å². The Kier molecular flexibility index (Phi) is 5.36. The minimum absolute atomic E-state index is 0.367. The topological polar surface area (TPSA) is 60.7 Å². The number of methoxy groups -OCH3 is 1. The van der Waals surface area contributed by atoms with E-state index in [0.717, 1.165) is 16.7 Å². The molecule has 0 aliphatic rings. The van der Waals surface area contributed by atoms with E-state index in [1.54, 1.807) is 13.2 Å². The summed E-state index contributed by atoms with van der Waals surface area (Å²) in [5.41, 5.74) is 2.26. The number of benzene rings is 2. The summed E-state index contributed by atoms with van der Waals surface area (Å²) in [4.78, 5) is 11.7. The van der Waals surface area contributed by atoms with Crippen molar-refractivity contribution in [3.63, 3.8) is 0 Å². The largest absolute Gasteiger partial charge is 0.497 e. The summed E-state index contributed by atoms with van der Waals surface area (Å²) in [7, 11) is 1.58. The van der Waals surface area contributed by atoms with Gasteiger partial charge in [0.25, 0.3) is 0 Å². The molecular formula is C20H21NO4. The van der Waals surface area contributed by atoms with Crippen molar-refractivity contribution in [2.75, 3.05) is 20.3 Å². The molecule has 5 heteroatoms. The fourth-order valence-electron chi connectivity index (χ4n) is 2.58. The summed E-state index contributed by atoms with van der Waals surface area (Å²) < 4.78 is 16.1. The van der Waals surface area contributed by atoms with E-state index >= 15 is 0 Å². The molecule has 5 nitrogen and oxygen atoms in total. The van der Waals surface area contributed by atoms with Gasteiger partial charge in [0.1, 0.15) is 23.7 Å². The van der Waals surface area contributed by atoms with Crippen LogP contribution in [0.5, 0.6) is 11.5 Å². The van der Waals surface area contributed by atoms with Crippen LogP contribution in [0.4, 0.5) is 0 Å². The SMILES string of the molecule is COc1ccc2c(CNCCOc3ccc(C)cc3)cc(=O)oc2c1. The van der Waals surface area contributed by atoms with Crippen molar-refractivity contribution < 1.29 is 13.9 Å². The van der Waals surface area contributed by atoms with E-state index < -0.39 is 0 Å². The lowest BCUT2D eigenvalue weighted by Crippen LogP contribution is -2.21. The maximum atomic E-state index is 11.7. The first-order valence-corrected chi connectivity index (χ1v) is 8.16. The summed E-state index contributed by atoms with van der Waals surface area (Å²) >= 11 is 0. The third-order valence-electron chi connectivity index (χ3n) is 3.92. The van der Waals surface area contributed by atoms with Crippen LogP contribution in [0.25, 0.3) is 11.0 Å². The van der Waals surface area contributed by atoms with E-state index in [1.807, 2.05) is 43.3 Å². The van der Waals surface area contributed by atoms with Crippen LogP contribution in [0.3, 0.4) is 0 Å². The standard InChI is InChI=1S/C20H21NO4/c1-14-3-5-16(6-4-14)24-10-9-21-13-15-11-20(22)25-19-12-17(23-2)7-8-18(15)19/h3-8,11-12,21H,9-10,13H2,1-2H3. The van der Waals surface area contributed by atoms with Crippen LogP contribution in [0.15, 0.2) is 57.7 Å². The molecule has 2 aromatic carbocycles. The molecule has 0 unspecified atom stereocenters. The first-order valence-electron chi connectivity index (χ1n) is 8.16. The van der Waals surface area contributed by atoms with Crippen molar-refractivity contribution in [1.82, 2.24) is 5.32 Å². The van der Waals surface area contributed by atoms with Crippen molar-refractivity contribution in [2.45, 2.75) is 13.5 Å². The van der Waals surface area contributed by atoms with E-state index in [-0.39, 0.29) is 5.63 Å².